The summed E-state index contributed by atoms with van der Waals surface area (Å²) in [5.41, 5.74) is 1.82. The van der Waals surface area contributed by atoms with Crippen molar-refractivity contribution < 1.29 is 19.4 Å². The average molecular weight is 380 g/mol. The van der Waals surface area contributed by atoms with Gasteiger partial charge in [-0.3, -0.25) is 14.5 Å². The molecule has 0 aromatic heterocycles. The molecule has 2 aliphatic heterocycles. The minimum Gasteiger partial charge on any atom is -0.481 e. The number of carboxylic acids is 1. The van der Waals surface area contributed by atoms with E-state index in [0.29, 0.717) is 17.9 Å². The molecule has 1 amide bonds. The predicted octanol–water partition coefficient (Wildman–Crippen LogP) is 3.66. The van der Waals surface area contributed by atoms with Crippen molar-refractivity contribution in [2.45, 2.75) is 38.3 Å². The van der Waals surface area contributed by atoms with Gasteiger partial charge in [-0.05, 0) is 68.1 Å². The minimum absolute atomic E-state index is 0.0154. The molecule has 0 saturated carbocycles. The summed E-state index contributed by atoms with van der Waals surface area (Å²) in [5.74, 6) is 0.265. The number of carboxylic acid groups (broad SMARTS) is 1. The lowest BCUT2D eigenvalue weighted by atomic mass is 9.89. The molecule has 3 atom stereocenters. The summed E-state index contributed by atoms with van der Waals surface area (Å²) >= 11 is 0. The summed E-state index contributed by atoms with van der Waals surface area (Å²) in [7, 11) is 0. The number of aryl methyl sites for hydroxylation is 1. The van der Waals surface area contributed by atoms with E-state index in [4.69, 9.17) is 4.74 Å². The number of fused-ring (bicyclic) bond motifs is 2. The number of amides is 1. The lowest BCUT2D eigenvalue weighted by Gasteiger charge is -2.22. The molecular formula is C22H24N2O4. The molecule has 146 valence electrons. The number of carbonyl (C=O) groups is 2. The highest BCUT2D eigenvalue weighted by Crippen LogP contribution is 2.41. The largest absolute Gasteiger partial charge is 0.481 e. The van der Waals surface area contributed by atoms with Crippen LogP contribution in [0.25, 0.3) is 0 Å². The molecule has 0 radical (unpaired) electrons. The van der Waals surface area contributed by atoms with E-state index in [1.54, 1.807) is 0 Å². The van der Waals surface area contributed by atoms with E-state index in [9.17, 15) is 14.7 Å². The van der Waals surface area contributed by atoms with E-state index in [1.165, 1.54) is 0 Å². The molecule has 2 N–H and O–H groups in total. The maximum atomic E-state index is 12.4. The SMILES string of the molecule is Cc1cccc(Oc2ccc(NC(=O)CN3C4CCC3C(C(=O)O)C4)cc2)c1. The summed E-state index contributed by atoms with van der Waals surface area (Å²) in [6.07, 6.45) is 2.49. The molecule has 2 aromatic carbocycles. The van der Waals surface area contributed by atoms with Crippen molar-refractivity contribution in [1.82, 2.24) is 4.90 Å². The molecule has 6 nitrogen and oxygen atoms in total. The third kappa shape index (κ3) is 3.87. The minimum atomic E-state index is -0.748. The molecule has 2 heterocycles. The highest BCUT2D eigenvalue weighted by molar-refractivity contribution is 5.92. The first kappa shape index (κ1) is 18.5. The third-order valence-electron chi connectivity index (χ3n) is 5.69. The number of nitrogens with one attached hydrogen (secondary N) is 1. The van der Waals surface area contributed by atoms with Crippen molar-refractivity contribution in [3.05, 3.63) is 54.1 Å². The summed E-state index contributed by atoms with van der Waals surface area (Å²) < 4.78 is 5.82. The zero-order valence-corrected chi connectivity index (χ0v) is 15.8. The van der Waals surface area contributed by atoms with Gasteiger partial charge in [0.15, 0.2) is 0 Å². The van der Waals surface area contributed by atoms with Crippen molar-refractivity contribution >= 4 is 17.6 Å². The number of rotatable bonds is 6. The highest BCUT2D eigenvalue weighted by atomic mass is 16.5. The van der Waals surface area contributed by atoms with Crippen molar-refractivity contribution in [3.63, 3.8) is 0 Å². The van der Waals surface area contributed by atoms with Crippen molar-refractivity contribution in [2.24, 2.45) is 5.92 Å². The van der Waals surface area contributed by atoms with Gasteiger partial charge in [-0.2, -0.15) is 0 Å². The first-order valence-corrected chi connectivity index (χ1v) is 9.62. The van der Waals surface area contributed by atoms with E-state index in [2.05, 4.69) is 10.2 Å². The molecule has 3 unspecified atom stereocenters. The van der Waals surface area contributed by atoms with Gasteiger partial charge in [0.25, 0.3) is 0 Å². The van der Waals surface area contributed by atoms with Crippen LogP contribution in [0.2, 0.25) is 0 Å². The van der Waals surface area contributed by atoms with E-state index >= 15 is 0 Å². The van der Waals surface area contributed by atoms with Gasteiger partial charge in [0.2, 0.25) is 5.91 Å². The van der Waals surface area contributed by atoms with Crippen LogP contribution >= 0.6 is 0 Å². The summed E-state index contributed by atoms with van der Waals surface area (Å²) in [6, 6.07) is 15.3. The third-order valence-corrected chi connectivity index (χ3v) is 5.69. The number of anilines is 1. The number of benzene rings is 2. The van der Waals surface area contributed by atoms with Crippen LogP contribution in [0.1, 0.15) is 24.8 Å². The van der Waals surface area contributed by atoms with Crippen LogP contribution < -0.4 is 10.1 Å². The zero-order valence-electron chi connectivity index (χ0n) is 15.8. The number of hydrogen-bond donors (Lipinski definition) is 2. The molecule has 2 bridgehead atoms. The number of hydrogen-bond acceptors (Lipinski definition) is 4. The van der Waals surface area contributed by atoms with Gasteiger partial charge in [-0.1, -0.05) is 12.1 Å². The molecule has 2 aliphatic rings. The maximum absolute atomic E-state index is 12.4. The lowest BCUT2D eigenvalue weighted by molar-refractivity contribution is -0.142. The molecule has 2 saturated heterocycles. The van der Waals surface area contributed by atoms with E-state index in [0.717, 1.165) is 24.2 Å². The average Bonchev–Trinajstić information content (AvgIpc) is 3.20. The van der Waals surface area contributed by atoms with Gasteiger partial charge in [0.05, 0.1) is 12.5 Å². The Balaban J connectivity index is 1.33. The van der Waals surface area contributed by atoms with Crippen LogP contribution in [-0.4, -0.2) is 40.5 Å². The number of carbonyl (C=O) groups excluding carboxylic acids is 1. The Hall–Kier alpha value is -2.86. The monoisotopic (exact) mass is 380 g/mol. The normalized spacial score (nSPS) is 23.5. The second-order valence-corrected chi connectivity index (χ2v) is 7.64. The van der Waals surface area contributed by atoms with Crippen LogP contribution in [0.5, 0.6) is 11.5 Å². The fourth-order valence-electron chi connectivity index (χ4n) is 4.40. The summed E-state index contributed by atoms with van der Waals surface area (Å²) in [5, 5.41) is 12.2. The van der Waals surface area contributed by atoms with Gasteiger partial charge in [0.1, 0.15) is 11.5 Å². The van der Waals surface area contributed by atoms with Gasteiger partial charge >= 0.3 is 5.97 Å². The number of nitrogens with zero attached hydrogens (tertiary/aromatic N) is 1. The number of ether oxygens (including phenoxy) is 1. The summed E-state index contributed by atoms with van der Waals surface area (Å²) in [4.78, 5) is 25.9. The van der Waals surface area contributed by atoms with Crippen LogP contribution in [0, 0.1) is 12.8 Å². The predicted molar refractivity (Wildman–Crippen MR) is 106 cm³/mol. The van der Waals surface area contributed by atoms with Gasteiger partial charge in [-0.15, -0.1) is 0 Å². The highest BCUT2D eigenvalue weighted by Gasteiger charge is 2.49. The Labute approximate surface area is 164 Å². The Morgan fingerprint density at radius 3 is 2.61 bits per heavy atom. The van der Waals surface area contributed by atoms with Gasteiger partial charge in [0, 0.05) is 17.8 Å². The zero-order chi connectivity index (χ0) is 19.7. The fourth-order valence-corrected chi connectivity index (χ4v) is 4.40. The van der Waals surface area contributed by atoms with Gasteiger partial charge < -0.3 is 15.2 Å². The van der Waals surface area contributed by atoms with Crippen molar-refractivity contribution in [2.75, 3.05) is 11.9 Å². The van der Waals surface area contributed by atoms with Crippen molar-refractivity contribution in [1.29, 1.82) is 0 Å². The molecule has 2 aromatic rings. The molecular weight excluding hydrogens is 356 g/mol. The second kappa shape index (κ2) is 7.64. The quantitative estimate of drug-likeness (QED) is 0.800. The van der Waals surface area contributed by atoms with E-state index in [1.807, 2.05) is 55.5 Å². The van der Waals surface area contributed by atoms with E-state index < -0.39 is 5.97 Å². The summed E-state index contributed by atoms with van der Waals surface area (Å²) in [6.45, 7) is 2.25. The number of aliphatic carboxylic acids is 1. The molecule has 28 heavy (non-hydrogen) atoms. The Morgan fingerprint density at radius 2 is 1.93 bits per heavy atom. The smallest absolute Gasteiger partial charge is 0.308 e. The Morgan fingerprint density at radius 1 is 1.14 bits per heavy atom. The van der Waals surface area contributed by atoms with Crippen molar-refractivity contribution in [3.8, 4) is 11.5 Å². The Bertz CT molecular complexity index is 880. The van der Waals surface area contributed by atoms with E-state index in [-0.39, 0.29) is 30.5 Å². The van der Waals surface area contributed by atoms with Crippen LogP contribution in [0.3, 0.4) is 0 Å². The molecule has 0 aliphatic carbocycles. The first-order valence-electron chi connectivity index (χ1n) is 9.62. The van der Waals surface area contributed by atoms with Crippen LogP contribution in [0.15, 0.2) is 48.5 Å². The second-order valence-electron chi connectivity index (χ2n) is 7.64. The lowest BCUT2D eigenvalue weighted by Crippen LogP contribution is -2.38. The molecule has 6 heteroatoms. The maximum Gasteiger partial charge on any atom is 0.308 e. The fraction of sp³-hybridized carbons (Fsp3) is 0.364. The van der Waals surface area contributed by atoms with Crippen LogP contribution in [0.4, 0.5) is 5.69 Å². The van der Waals surface area contributed by atoms with Gasteiger partial charge in [-0.25, -0.2) is 0 Å². The Kier molecular flexibility index (Phi) is 5.05. The molecule has 0 spiro atoms. The molecule has 4 rings (SSSR count). The first-order chi connectivity index (χ1) is 13.5. The standard InChI is InChI=1S/C22H24N2O4/c1-14-3-2-4-18(11-14)28-17-8-5-15(6-9-17)23-21(25)13-24-16-7-10-20(24)19(12-16)22(26)27/h2-6,8-9,11,16,19-20H,7,10,12-13H2,1H3,(H,23,25)(H,26,27). The molecule has 2 fully saturated rings. The van der Waals surface area contributed by atoms with Crippen LogP contribution in [-0.2, 0) is 9.59 Å². The topological polar surface area (TPSA) is 78.9 Å².